The van der Waals surface area contributed by atoms with E-state index in [1.807, 2.05) is 0 Å². The number of nitrogens with one attached hydrogen (secondary N) is 1. The van der Waals surface area contributed by atoms with Gasteiger partial charge in [-0.15, -0.1) is 0 Å². The highest BCUT2D eigenvalue weighted by atomic mass is 15.0. The third-order valence-electron chi connectivity index (χ3n) is 3.95. The lowest BCUT2D eigenvalue weighted by Crippen LogP contribution is -2.21. The molecule has 2 rings (SSSR count). The molecule has 2 aromatic rings. The summed E-state index contributed by atoms with van der Waals surface area (Å²) in [6, 6.07) is 11.1. The molecule has 1 aromatic heterocycles. The van der Waals surface area contributed by atoms with Gasteiger partial charge in [0.15, 0.2) is 0 Å². The van der Waals surface area contributed by atoms with Crippen LogP contribution in [0.1, 0.15) is 39.8 Å². The van der Waals surface area contributed by atoms with Crippen molar-refractivity contribution >= 4 is 10.9 Å². The predicted molar refractivity (Wildman–Crippen MR) is 87.9 cm³/mol. The van der Waals surface area contributed by atoms with E-state index in [1.54, 1.807) is 0 Å². The number of hydrogen-bond donors (Lipinski definition) is 1. The summed E-state index contributed by atoms with van der Waals surface area (Å²) in [5, 5.41) is 4.93. The van der Waals surface area contributed by atoms with Gasteiger partial charge in [-0.25, -0.2) is 0 Å². The smallest absolute Gasteiger partial charge is 0.0483 e. The first kappa shape index (κ1) is 15.1. The Labute approximate surface area is 123 Å². The summed E-state index contributed by atoms with van der Waals surface area (Å²) in [6.45, 7) is 12.3. The Morgan fingerprint density at radius 2 is 1.90 bits per heavy atom. The van der Waals surface area contributed by atoms with E-state index in [4.69, 9.17) is 0 Å². The van der Waals surface area contributed by atoms with Crippen molar-refractivity contribution in [3.63, 3.8) is 0 Å². The summed E-state index contributed by atoms with van der Waals surface area (Å²) in [4.78, 5) is 0. The Balaban J connectivity index is 2.24. The molecule has 0 bridgehead atoms. The van der Waals surface area contributed by atoms with Crippen LogP contribution in [-0.2, 0) is 13.1 Å². The maximum absolute atomic E-state index is 3.57. The Hall–Kier alpha value is -1.28. The van der Waals surface area contributed by atoms with Crippen LogP contribution < -0.4 is 5.32 Å². The molecule has 1 N–H and O–H groups in total. The lowest BCUT2D eigenvalue weighted by Gasteiger charge is -2.16. The summed E-state index contributed by atoms with van der Waals surface area (Å²) in [5.41, 5.74) is 2.78. The second-order valence-corrected chi connectivity index (χ2v) is 6.34. The van der Waals surface area contributed by atoms with E-state index in [2.05, 4.69) is 67.9 Å². The fraction of sp³-hybridized carbons (Fsp3) is 0.556. The van der Waals surface area contributed by atoms with Crippen LogP contribution in [0.2, 0.25) is 0 Å². The number of nitrogens with zero attached hydrogens (tertiary/aromatic N) is 1. The third-order valence-corrected chi connectivity index (χ3v) is 3.95. The van der Waals surface area contributed by atoms with Gasteiger partial charge in [0.1, 0.15) is 0 Å². The van der Waals surface area contributed by atoms with Crippen LogP contribution in [0.4, 0.5) is 0 Å². The van der Waals surface area contributed by atoms with Crippen molar-refractivity contribution in [2.75, 3.05) is 6.54 Å². The van der Waals surface area contributed by atoms with Crippen molar-refractivity contribution in [1.82, 2.24) is 9.88 Å². The SMILES string of the molecule is CCC(C)Cn1c(CNCC(C)C)cc2ccccc21. The zero-order valence-corrected chi connectivity index (χ0v) is 13.3. The van der Waals surface area contributed by atoms with Gasteiger partial charge >= 0.3 is 0 Å². The highest BCUT2D eigenvalue weighted by Crippen LogP contribution is 2.22. The van der Waals surface area contributed by atoms with Crippen LogP contribution in [0, 0.1) is 11.8 Å². The molecule has 0 fully saturated rings. The maximum Gasteiger partial charge on any atom is 0.0483 e. The van der Waals surface area contributed by atoms with Gasteiger partial charge in [0.05, 0.1) is 0 Å². The fourth-order valence-corrected chi connectivity index (χ4v) is 2.56. The monoisotopic (exact) mass is 272 g/mol. The zero-order chi connectivity index (χ0) is 14.5. The summed E-state index contributed by atoms with van der Waals surface area (Å²) < 4.78 is 2.50. The molecule has 2 heteroatoms. The van der Waals surface area contributed by atoms with Gasteiger partial charge in [-0.1, -0.05) is 52.3 Å². The average Bonchev–Trinajstić information content (AvgIpc) is 2.76. The molecule has 0 aliphatic rings. The number of rotatable bonds is 7. The summed E-state index contributed by atoms with van der Waals surface area (Å²) in [6.07, 6.45) is 1.23. The van der Waals surface area contributed by atoms with E-state index in [0.717, 1.165) is 25.6 Å². The Bertz CT molecular complexity index is 539. The molecular weight excluding hydrogens is 244 g/mol. The molecular formula is C18H28N2. The number of para-hydroxylation sites is 1. The van der Waals surface area contributed by atoms with E-state index >= 15 is 0 Å². The number of aromatic nitrogens is 1. The van der Waals surface area contributed by atoms with Crippen LogP contribution in [0.25, 0.3) is 10.9 Å². The first-order chi connectivity index (χ1) is 9.61. The standard InChI is InChI=1S/C18H28N2/c1-5-15(4)13-20-17(12-19-11-14(2)3)10-16-8-6-7-9-18(16)20/h6-10,14-15,19H,5,11-13H2,1-4H3. The van der Waals surface area contributed by atoms with Crippen molar-refractivity contribution in [3.8, 4) is 0 Å². The number of hydrogen-bond acceptors (Lipinski definition) is 1. The molecule has 1 unspecified atom stereocenters. The van der Waals surface area contributed by atoms with Crippen LogP contribution >= 0.6 is 0 Å². The van der Waals surface area contributed by atoms with Crippen molar-refractivity contribution in [2.24, 2.45) is 11.8 Å². The molecule has 0 aliphatic carbocycles. The van der Waals surface area contributed by atoms with E-state index in [-0.39, 0.29) is 0 Å². The molecule has 0 aliphatic heterocycles. The zero-order valence-electron chi connectivity index (χ0n) is 13.3. The number of fused-ring (bicyclic) bond motifs is 1. The van der Waals surface area contributed by atoms with Gasteiger partial charge in [0.25, 0.3) is 0 Å². The third kappa shape index (κ3) is 3.63. The topological polar surface area (TPSA) is 17.0 Å². The first-order valence-corrected chi connectivity index (χ1v) is 7.89. The molecule has 0 spiro atoms. The van der Waals surface area contributed by atoms with Crippen LogP contribution in [-0.4, -0.2) is 11.1 Å². The molecule has 0 amide bonds. The molecule has 1 aromatic carbocycles. The lowest BCUT2D eigenvalue weighted by atomic mass is 10.1. The van der Waals surface area contributed by atoms with Crippen LogP contribution in [0.3, 0.4) is 0 Å². The Kier molecular flexibility index (Phi) is 5.24. The molecule has 2 nitrogen and oxygen atoms in total. The largest absolute Gasteiger partial charge is 0.343 e. The van der Waals surface area contributed by atoms with E-state index < -0.39 is 0 Å². The predicted octanol–water partition coefficient (Wildman–Crippen LogP) is 4.43. The summed E-state index contributed by atoms with van der Waals surface area (Å²) in [7, 11) is 0. The quantitative estimate of drug-likeness (QED) is 0.789. The molecule has 0 saturated carbocycles. The van der Waals surface area contributed by atoms with Crippen molar-refractivity contribution in [3.05, 3.63) is 36.0 Å². The molecule has 20 heavy (non-hydrogen) atoms. The lowest BCUT2D eigenvalue weighted by molar-refractivity contribution is 0.459. The highest BCUT2D eigenvalue weighted by molar-refractivity contribution is 5.81. The van der Waals surface area contributed by atoms with Gasteiger partial charge in [-0.3, -0.25) is 0 Å². The van der Waals surface area contributed by atoms with Gasteiger partial charge < -0.3 is 9.88 Å². The number of benzene rings is 1. The Morgan fingerprint density at radius 3 is 2.60 bits per heavy atom. The molecule has 1 atom stereocenters. The van der Waals surface area contributed by atoms with Gasteiger partial charge in [0.2, 0.25) is 0 Å². The Morgan fingerprint density at radius 1 is 1.15 bits per heavy atom. The minimum atomic E-state index is 0.697. The van der Waals surface area contributed by atoms with Gasteiger partial charge in [-0.05, 0) is 35.9 Å². The second-order valence-electron chi connectivity index (χ2n) is 6.34. The van der Waals surface area contributed by atoms with E-state index in [0.29, 0.717) is 5.92 Å². The highest BCUT2D eigenvalue weighted by Gasteiger charge is 2.10. The van der Waals surface area contributed by atoms with Crippen LogP contribution in [0.15, 0.2) is 30.3 Å². The first-order valence-electron chi connectivity index (χ1n) is 7.89. The summed E-state index contributed by atoms with van der Waals surface area (Å²) in [5.74, 6) is 1.41. The minimum absolute atomic E-state index is 0.697. The summed E-state index contributed by atoms with van der Waals surface area (Å²) >= 11 is 0. The molecule has 0 radical (unpaired) electrons. The fourth-order valence-electron chi connectivity index (χ4n) is 2.56. The molecule has 1 heterocycles. The van der Waals surface area contributed by atoms with Crippen molar-refractivity contribution in [2.45, 2.75) is 47.2 Å². The molecule has 0 saturated heterocycles. The van der Waals surface area contributed by atoms with Gasteiger partial charge in [-0.2, -0.15) is 0 Å². The van der Waals surface area contributed by atoms with Crippen LogP contribution in [0.5, 0.6) is 0 Å². The van der Waals surface area contributed by atoms with Crippen molar-refractivity contribution in [1.29, 1.82) is 0 Å². The maximum atomic E-state index is 3.57. The van der Waals surface area contributed by atoms with Gasteiger partial charge in [0, 0.05) is 24.3 Å². The van der Waals surface area contributed by atoms with E-state index in [9.17, 15) is 0 Å². The second kappa shape index (κ2) is 6.94. The minimum Gasteiger partial charge on any atom is -0.343 e. The van der Waals surface area contributed by atoms with Crippen molar-refractivity contribution < 1.29 is 0 Å². The normalized spacial score (nSPS) is 13.2. The average molecular weight is 272 g/mol. The molecule has 110 valence electrons. The van der Waals surface area contributed by atoms with E-state index in [1.165, 1.54) is 23.0 Å².